The predicted molar refractivity (Wildman–Crippen MR) is 180 cm³/mol. The number of rotatable bonds is 10. The molecule has 0 bridgehead atoms. The third-order valence-corrected chi connectivity index (χ3v) is 10.3. The van der Waals surface area contributed by atoms with Gasteiger partial charge in [-0.05, 0) is 24.3 Å². The van der Waals surface area contributed by atoms with Gasteiger partial charge >= 0.3 is 11.9 Å². The molecule has 4 heterocycles. The number of aliphatic hydroxyl groups excluding tert-OH is 1. The van der Waals surface area contributed by atoms with Gasteiger partial charge in [-0.3, -0.25) is 14.4 Å². The van der Waals surface area contributed by atoms with Crippen molar-refractivity contribution < 1.29 is 47.2 Å². The maximum Gasteiger partial charge on any atom is 0.303 e. The zero-order chi connectivity index (χ0) is 37.1. The predicted octanol–water partition coefficient (Wildman–Crippen LogP) is 2.82. The molecule has 2 aliphatic heterocycles. The molecule has 2 aliphatic rings. The minimum atomic E-state index is -1.11. The van der Waals surface area contributed by atoms with Gasteiger partial charge in [-0.1, -0.05) is 34.7 Å². The summed E-state index contributed by atoms with van der Waals surface area (Å²) >= 11 is 1.18. The Hall–Kier alpha value is -4.78. The highest BCUT2D eigenvalue weighted by molar-refractivity contribution is 8.00. The van der Waals surface area contributed by atoms with E-state index in [1.165, 1.54) is 79.3 Å². The molecule has 6 rings (SSSR count). The number of benzene rings is 2. The first kappa shape index (κ1) is 37.0. The van der Waals surface area contributed by atoms with Crippen molar-refractivity contribution in [1.29, 1.82) is 0 Å². The Morgan fingerprint density at radius 3 is 2.08 bits per heavy atom. The SMILES string of the molecule is CO[C@@H]1[C@@H](n2cc(-c3cccc(F)c3)nn2)[C@@H](OC(C)=O)[C@@H](COC(C)=O)O[C@H]1S[C@@H]1CN(C(C)=O)C[C@H](n2cc(-c3cccc(F)c3)nn2)[C@H]1O. The lowest BCUT2D eigenvalue weighted by molar-refractivity contribution is -0.208. The van der Waals surface area contributed by atoms with Gasteiger partial charge in [0.2, 0.25) is 5.91 Å². The van der Waals surface area contributed by atoms with E-state index in [4.69, 9.17) is 18.9 Å². The number of aliphatic hydroxyl groups is 1. The van der Waals surface area contributed by atoms with Gasteiger partial charge in [-0.2, -0.15) is 0 Å². The van der Waals surface area contributed by atoms with Crippen LogP contribution in [0.3, 0.4) is 0 Å². The Bertz CT molecular complexity index is 1910. The molecule has 0 saturated carbocycles. The maximum atomic E-state index is 14.1. The van der Waals surface area contributed by atoms with E-state index in [1.54, 1.807) is 35.5 Å². The van der Waals surface area contributed by atoms with Crippen LogP contribution >= 0.6 is 11.8 Å². The minimum absolute atomic E-state index is 0.118. The monoisotopic (exact) mass is 741 g/mol. The highest BCUT2D eigenvalue weighted by Crippen LogP contribution is 2.42. The fraction of sp³-hybridized carbons (Fsp3) is 0.441. The van der Waals surface area contributed by atoms with Crippen LogP contribution < -0.4 is 0 Å². The summed E-state index contributed by atoms with van der Waals surface area (Å²) in [5.41, 5.74) is 0.730. The van der Waals surface area contributed by atoms with E-state index in [0.717, 1.165) is 0 Å². The zero-order valence-electron chi connectivity index (χ0n) is 28.6. The number of carbonyl (C=O) groups is 3. The Morgan fingerprint density at radius 2 is 1.52 bits per heavy atom. The summed E-state index contributed by atoms with van der Waals surface area (Å²) in [5, 5.41) is 28.1. The number of likely N-dealkylation sites (tertiary alicyclic amines) is 1. The van der Waals surface area contributed by atoms with E-state index < -0.39 is 70.8 Å². The van der Waals surface area contributed by atoms with Crippen LogP contribution in [-0.4, -0.2) is 120 Å². The number of thioether (sulfide) groups is 1. The van der Waals surface area contributed by atoms with Crippen molar-refractivity contribution in [2.75, 3.05) is 26.8 Å². The molecule has 2 aromatic heterocycles. The molecular formula is C34H37F2N7O8S. The molecule has 8 atom stereocenters. The molecule has 0 radical (unpaired) electrons. The number of halogens is 2. The first-order valence-electron chi connectivity index (χ1n) is 16.3. The second-order valence-electron chi connectivity index (χ2n) is 12.5. The van der Waals surface area contributed by atoms with Crippen LogP contribution in [0.2, 0.25) is 0 Å². The second kappa shape index (κ2) is 15.9. The number of hydrogen-bond acceptors (Lipinski definition) is 13. The van der Waals surface area contributed by atoms with Gasteiger partial charge in [0.1, 0.15) is 53.3 Å². The van der Waals surface area contributed by atoms with Gasteiger partial charge < -0.3 is 29.0 Å². The largest absolute Gasteiger partial charge is 0.463 e. The Labute approximate surface area is 301 Å². The standard InChI is InChI=1S/C34H37F2N7O8S/c1-18(44)41-15-27(42-13-25(37-39-42)21-7-5-9-23(35)11-21)31(47)29(16-41)52-34-33(48-4)30(32(50-20(3)46)28(51-34)17-49-19(2)45)43-14-26(38-40-43)22-8-6-10-24(36)12-22/h5-14,27-34,47H,15-17H2,1-4H3/t27-,28+,29+,30-,31+,32-,33+,34-/m0/s1. The molecule has 52 heavy (non-hydrogen) atoms. The first-order valence-corrected chi connectivity index (χ1v) is 17.3. The van der Waals surface area contributed by atoms with Crippen molar-refractivity contribution in [3.63, 3.8) is 0 Å². The topological polar surface area (TPSA) is 173 Å². The average molecular weight is 742 g/mol. The van der Waals surface area contributed by atoms with E-state index in [9.17, 15) is 28.3 Å². The lowest BCUT2D eigenvalue weighted by atomic mass is 9.96. The van der Waals surface area contributed by atoms with Crippen LogP contribution in [0.15, 0.2) is 60.9 Å². The number of hydrogen-bond donors (Lipinski definition) is 1. The molecule has 2 fully saturated rings. The fourth-order valence-electron chi connectivity index (χ4n) is 6.42. The summed E-state index contributed by atoms with van der Waals surface area (Å²) in [6, 6.07) is 10.0. The van der Waals surface area contributed by atoms with E-state index in [2.05, 4.69) is 20.6 Å². The number of amides is 1. The number of nitrogens with zero attached hydrogens (tertiary/aromatic N) is 7. The molecule has 0 aliphatic carbocycles. The van der Waals surface area contributed by atoms with E-state index >= 15 is 0 Å². The third-order valence-electron chi connectivity index (χ3n) is 8.89. The molecule has 0 unspecified atom stereocenters. The van der Waals surface area contributed by atoms with Gasteiger partial charge in [0.15, 0.2) is 6.10 Å². The van der Waals surface area contributed by atoms with E-state index in [0.29, 0.717) is 22.5 Å². The van der Waals surface area contributed by atoms with Gasteiger partial charge in [0, 0.05) is 52.1 Å². The number of piperidine rings is 1. The normalized spacial score (nSPS) is 26.2. The summed E-state index contributed by atoms with van der Waals surface area (Å²) in [7, 11) is 1.43. The molecule has 0 spiro atoms. The van der Waals surface area contributed by atoms with E-state index in [-0.39, 0.29) is 25.6 Å². The smallest absolute Gasteiger partial charge is 0.303 e. The molecule has 4 aromatic rings. The summed E-state index contributed by atoms with van der Waals surface area (Å²) in [6.45, 7) is 3.81. The van der Waals surface area contributed by atoms with Crippen molar-refractivity contribution in [2.24, 2.45) is 0 Å². The van der Waals surface area contributed by atoms with Gasteiger partial charge in [-0.15, -0.1) is 22.0 Å². The minimum Gasteiger partial charge on any atom is -0.463 e. The van der Waals surface area contributed by atoms with Gasteiger partial charge in [0.25, 0.3) is 0 Å². The number of carbonyl (C=O) groups excluding carboxylic acids is 3. The lowest BCUT2D eigenvalue weighted by Crippen LogP contribution is -2.59. The summed E-state index contributed by atoms with van der Waals surface area (Å²) in [6.07, 6.45) is -1.02. The Kier molecular flexibility index (Phi) is 11.3. The number of ether oxygens (including phenoxy) is 4. The average Bonchev–Trinajstić information content (AvgIpc) is 3.79. The van der Waals surface area contributed by atoms with Crippen LogP contribution in [-0.2, 0) is 33.3 Å². The van der Waals surface area contributed by atoms with Gasteiger partial charge in [-0.25, -0.2) is 18.1 Å². The molecular weight excluding hydrogens is 704 g/mol. The number of aromatic nitrogens is 6. The van der Waals surface area contributed by atoms with Crippen molar-refractivity contribution in [1.82, 2.24) is 34.9 Å². The molecule has 2 saturated heterocycles. The quantitative estimate of drug-likeness (QED) is 0.236. The van der Waals surface area contributed by atoms with Crippen LogP contribution in [0.4, 0.5) is 8.78 Å². The molecule has 2 aromatic carbocycles. The van der Waals surface area contributed by atoms with Crippen molar-refractivity contribution >= 4 is 29.6 Å². The lowest BCUT2D eigenvalue weighted by Gasteiger charge is -2.47. The van der Waals surface area contributed by atoms with Crippen LogP contribution in [0, 0.1) is 11.6 Å². The summed E-state index contributed by atoms with van der Waals surface area (Å²) in [4.78, 5) is 38.7. The molecule has 18 heteroatoms. The van der Waals surface area contributed by atoms with Crippen LogP contribution in [0.5, 0.6) is 0 Å². The fourth-order valence-corrected chi connectivity index (χ4v) is 8.01. The third kappa shape index (κ3) is 8.14. The van der Waals surface area contributed by atoms with Gasteiger partial charge in [0.05, 0.1) is 29.8 Å². The van der Waals surface area contributed by atoms with Crippen LogP contribution in [0.1, 0.15) is 32.9 Å². The van der Waals surface area contributed by atoms with E-state index in [1.807, 2.05) is 0 Å². The second-order valence-corrected chi connectivity index (χ2v) is 13.8. The molecule has 276 valence electrons. The Balaban J connectivity index is 1.34. The molecule has 1 amide bonds. The zero-order valence-corrected chi connectivity index (χ0v) is 29.4. The highest BCUT2D eigenvalue weighted by atomic mass is 32.2. The molecule has 15 nitrogen and oxygen atoms in total. The van der Waals surface area contributed by atoms with Crippen molar-refractivity contribution in [3.8, 4) is 22.5 Å². The van der Waals surface area contributed by atoms with Crippen molar-refractivity contribution in [3.05, 3.63) is 72.6 Å². The first-order chi connectivity index (χ1) is 24.9. The summed E-state index contributed by atoms with van der Waals surface area (Å²) in [5.74, 6) is -2.40. The number of methoxy groups -OCH3 is 1. The Morgan fingerprint density at radius 1 is 0.904 bits per heavy atom. The maximum absolute atomic E-state index is 14.1. The van der Waals surface area contributed by atoms with Crippen molar-refractivity contribution in [2.45, 2.75) is 68.0 Å². The molecule has 1 N–H and O–H groups in total. The summed E-state index contributed by atoms with van der Waals surface area (Å²) < 4.78 is 54.5. The van der Waals surface area contributed by atoms with Crippen LogP contribution in [0.25, 0.3) is 22.5 Å². The highest BCUT2D eigenvalue weighted by Gasteiger charge is 2.52. The number of esters is 2.